The van der Waals surface area contributed by atoms with Crippen molar-refractivity contribution in [1.82, 2.24) is 9.97 Å². The van der Waals surface area contributed by atoms with Crippen LogP contribution in [-0.4, -0.2) is 9.97 Å². The molecule has 5 nitrogen and oxygen atoms in total. The van der Waals surface area contributed by atoms with Crippen LogP contribution in [0.1, 0.15) is 25.3 Å². The van der Waals surface area contributed by atoms with Crippen molar-refractivity contribution in [3.63, 3.8) is 0 Å². The van der Waals surface area contributed by atoms with Crippen LogP contribution in [0.25, 0.3) is 0 Å². The highest BCUT2D eigenvalue weighted by atomic mass is 35.5. The van der Waals surface area contributed by atoms with Gasteiger partial charge in [-0.05, 0) is 41.8 Å². The number of aromatic nitrogens is 2. The van der Waals surface area contributed by atoms with E-state index in [9.17, 15) is 0 Å². The molecule has 0 spiro atoms. The Balaban J connectivity index is 1.81. The van der Waals surface area contributed by atoms with E-state index in [1.165, 1.54) is 11.9 Å². The van der Waals surface area contributed by atoms with Gasteiger partial charge in [-0.3, -0.25) is 0 Å². The standard InChI is InChI=1S/C19H19ClN4O/c1-12(2)13-6-8-16(9-7-13)25-19-17(21)18(22-11-23-19)24-15-5-3-4-14(20)10-15/h3-12H,21H2,1-2H3,(H,22,23,24). The normalized spacial score (nSPS) is 10.7. The molecule has 0 fully saturated rings. The van der Waals surface area contributed by atoms with Crippen LogP contribution in [0.15, 0.2) is 54.9 Å². The summed E-state index contributed by atoms with van der Waals surface area (Å²) in [6, 6.07) is 15.2. The van der Waals surface area contributed by atoms with Gasteiger partial charge in [0.1, 0.15) is 17.8 Å². The molecule has 3 aromatic rings. The molecule has 0 amide bonds. The van der Waals surface area contributed by atoms with E-state index < -0.39 is 0 Å². The predicted octanol–water partition coefficient (Wildman–Crippen LogP) is 5.37. The Kier molecular flexibility index (Phi) is 5.05. The Labute approximate surface area is 151 Å². The molecule has 0 aliphatic rings. The molecule has 1 aromatic heterocycles. The molecule has 0 atom stereocenters. The van der Waals surface area contributed by atoms with Crippen molar-refractivity contribution in [2.24, 2.45) is 0 Å². The molecule has 3 N–H and O–H groups in total. The average Bonchev–Trinajstić information content (AvgIpc) is 2.59. The quantitative estimate of drug-likeness (QED) is 0.644. The highest BCUT2D eigenvalue weighted by Gasteiger charge is 2.11. The van der Waals surface area contributed by atoms with E-state index in [1.54, 1.807) is 12.1 Å². The fraction of sp³-hybridized carbons (Fsp3) is 0.158. The zero-order chi connectivity index (χ0) is 17.8. The lowest BCUT2D eigenvalue weighted by Gasteiger charge is -2.12. The molecule has 3 rings (SSSR count). The molecule has 0 bridgehead atoms. The van der Waals surface area contributed by atoms with Crippen LogP contribution in [0.5, 0.6) is 11.6 Å². The number of benzene rings is 2. The summed E-state index contributed by atoms with van der Waals surface area (Å²) in [4.78, 5) is 8.30. The minimum Gasteiger partial charge on any atom is -0.437 e. The maximum absolute atomic E-state index is 6.15. The summed E-state index contributed by atoms with van der Waals surface area (Å²) < 4.78 is 5.80. The third-order valence-electron chi connectivity index (χ3n) is 3.70. The Morgan fingerprint density at radius 3 is 2.52 bits per heavy atom. The smallest absolute Gasteiger partial charge is 0.248 e. The monoisotopic (exact) mass is 354 g/mol. The molecule has 0 unspecified atom stereocenters. The third kappa shape index (κ3) is 4.19. The number of hydrogen-bond acceptors (Lipinski definition) is 5. The SMILES string of the molecule is CC(C)c1ccc(Oc2ncnc(Nc3cccc(Cl)c3)c2N)cc1. The molecular formula is C19H19ClN4O. The van der Waals surface area contributed by atoms with Crippen LogP contribution in [0, 0.1) is 0 Å². The number of nitrogens with zero attached hydrogens (tertiary/aromatic N) is 2. The number of anilines is 3. The first-order chi connectivity index (χ1) is 12.0. The minimum atomic E-state index is 0.303. The largest absolute Gasteiger partial charge is 0.437 e. The van der Waals surface area contributed by atoms with Gasteiger partial charge in [0.15, 0.2) is 5.82 Å². The van der Waals surface area contributed by atoms with Crippen LogP contribution in [-0.2, 0) is 0 Å². The molecule has 0 saturated carbocycles. The van der Waals surface area contributed by atoms with Crippen molar-refractivity contribution in [2.75, 3.05) is 11.1 Å². The summed E-state index contributed by atoms with van der Waals surface area (Å²) in [6.45, 7) is 4.29. The lowest BCUT2D eigenvalue weighted by molar-refractivity contribution is 0.464. The molecule has 0 aliphatic carbocycles. The zero-order valence-corrected chi connectivity index (χ0v) is 14.8. The van der Waals surface area contributed by atoms with Crippen molar-refractivity contribution in [1.29, 1.82) is 0 Å². The Morgan fingerprint density at radius 2 is 1.84 bits per heavy atom. The minimum absolute atomic E-state index is 0.303. The summed E-state index contributed by atoms with van der Waals surface area (Å²) in [5.41, 5.74) is 8.50. The first-order valence-electron chi connectivity index (χ1n) is 7.94. The van der Waals surface area contributed by atoms with Gasteiger partial charge in [-0.25, -0.2) is 4.98 Å². The van der Waals surface area contributed by atoms with Gasteiger partial charge >= 0.3 is 0 Å². The van der Waals surface area contributed by atoms with Crippen LogP contribution < -0.4 is 15.8 Å². The van der Waals surface area contributed by atoms with Crippen LogP contribution in [0.2, 0.25) is 5.02 Å². The van der Waals surface area contributed by atoms with E-state index in [0.29, 0.717) is 34.1 Å². The maximum Gasteiger partial charge on any atom is 0.248 e. The first kappa shape index (κ1) is 17.0. The summed E-state index contributed by atoms with van der Waals surface area (Å²) in [7, 11) is 0. The van der Waals surface area contributed by atoms with Gasteiger partial charge < -0.3 is 15.8 Å². The van der Waals surface area contributed by atoms with E-state index >= 15 is 0 Å². The maximum atomic E-state index is 6.15. The molecule has 128 valence electrons. The molecule has 2 aromatic carbocycles. The fourth-order valence-electron chi connectivity index (χ4n) is 2.30. The van der Waals surface area contributed by atoms with Gasteiger partial charge in [0.05, 0.1) is 0 Å². The number of nitrogen functional groups attached to an aromatic ring is 1. The fourth-order valence-corrected chi connectivity index (χ4v) is 2.49. The summed E-state index contributed by atoms with van der Waals surface area (Å²) in [5.74, 6) is 1.90. The predicted molar refractivity (Wildman–Crippen MR) is 102 cm³/mol. The summed E-state index contributed by atoms with van der Waals surface area (Å²) in [6.07, 6.45) is 1.40. The second-order valence-electron chi connectivity index (χ2n) is 5.90. The Morgan fingerprint density at radius 1 is 1.08 bits per heavy atom. The number of nitrogens with two attached hydrogens (primary N) is 1. The number of nitrogens with one attached hydrogen (secondary N) is 1. The molecule has 0 radical (unpaired) electrons. The number of rotatable bonds is 5. The number of hydrogen-bond donors (Lipinski definition) is 2. The molecule has 25 heavy (non-hydrogen) atoms. The highest BCUT2D eigenvalue weighted by Crippen LogP contribution is 2.31. The zero-order valence-electron chi connectivity index (χ0n) is 14.0. The van der Waals surface area contributed by atoms with Gasteiger partial charge in [-0.15, -0.1) is 0 Å². The van der Waals surface area contributed by atoms with Crippen molar-refractivity contribution in [3.8, 4) is 11.6 Å². The van der Waals surface area contributed by atoms with E-state index in [1.807, 2.05) is 36.4 Å². The number of ether oxygens (including phenoxy) is 1. The average molecular weight is 355 g/mol. The van der Waals surface area contributed by atoms with E-state index in [2.05, 4.69) is 29.1 Å². The van der Waals surface area contributed by atoms with Gasteiger partial charge in [0.2, 0.25) is 5.88 Å². The van der Waals surface area contributed by atoms with Crippen molar-refractivity contribution < 1.29 is 4.74 Å². The van der Waals surface area contributed by atoms with Gasteiger partial charge in [-0.2, -0.15) is 4.98 Å². The first-order valence-corrected chi connectivity index (χ1v) is 8.31. The van der Waals surface area contributed by atoms with E-state index in [4.69, 9.17) is 22.1 Å². The lowest BCUT2D eigenvalue weighted by Crippen LogP contribution is -2.03. The summed E-state index contributed by atoms with van der Waals surface area (Å²) in [5, 5.41) is 3.75. The second-order valence-corrected chi connectivity index (χ2v) is 6.34. The Bertz CT molecular complexity index is 866. The van der Waals surface area contributed by atoms with Crippen LogP contribution in [0.3, 0.4) is 0 Å². The highest BCUT2D eigenvalue weighted by molar-refractivity contribution is 6.30. The molecular weight excluding hydrogens is 336 g/mol. The van der Waals surface area contributed by atoms with Crippen molar-refractivity contribution in [3.05, 3.63) is 65.4 Å². The number of halogens is 1. The molecule has 0 saturated heterocycles. The lowest BCUT2D eigenvalue weighted by atomic mass is 10.0. The molecule has 1 heterocycles. The molecule has 0 aliphatic heterocycles. The topological polar surface area (TPSA) is 73.1 Å². The van der Waals surface area contributed by atoms with Crippen molar-refractivity contribution in [2.45, 2.75) is 19.8 Å². The van der Waals surface area contributed by atoms with E-state index in [0.717, 1.165) is 5.69 Å². The van der Waals surface area contributed by atoms with Gasteiger partial charge in [-0.1, -0.05) is 43.6 Å². The third-order valence-corrected chi connectivity index (χ3v) is 3.93. The van der Waals surface area contributed by atoms with Gasteiger partial charge in [0, 0.05) is 10.7 Å². The molecule has 6 heteroatoms. The van der Waals surface area contributed by atoms with Crippen LogP contribution in [0.4, 0.5) is 17.2 Å². The van der Waals surface area contributed by atoms with Crippen LogP contribution >= 0.6 is 11.6 Å². The van der Waals surface area contributed by atoms with Gasteiger partial charge in [0.25, 0.3) is 0 Å². The summed E-state index contributed by atoms with van der Waals surface area (Å²) >= 11 is 6.00. The Hall–Kier alpha value is -2.79. The van der Waals surface area contributed by atoms with E-state index in [-0.39, 0.29) is 0 Å². The van der Waals surface area contributed by atoms with Crippen molar-refractivity contribution >= 4 is 28.8 Å². The second kappa shape index (κ2) is 7.40.